The summed E-state index contributed by atoms with van der Waals surface area (Å²) in [6, 6.07) is 21.1. The van der Waals surface area contributed by atoms with E-state index in [1.54, 1.807) is 23.1 Å². The lowest BCUT2D eigenvalue weighted by atomic mass is 10.0. The number of hydrogen-bond acceptors (Lipinski definition) is 14. The molecular formula is C47H50N10O8S. The zero-order valence-corrected chi connectivity index (χ0v) is 37.1. The van der Waals surface area contributed by atoms with Crippen molar-refractivity contribution in [1.29, 1.82) is 0 Å². The van der Waals surface area contributed by atoms with Crippen LogP contribution < -0.4 is 15.8 Å². The van der Waals surface area contributed by atoms with Crippen LogP contribution in [0.4, 0.5) is 5.82 Å². The maximum atomic E-state index is 13.6. The molecule has 3 fully saturated rings. The van der Waals surface area contributed by atoms with E-state index in [4.69, 9.17) is 20.3 Å². The third-order valence-corrected chi connectivity index (χ3v) is 13.5. The zero-order chi connectivity index (χ0) is 45.7. The molecule has 5 aromatic rings. The van der Waals surface area contributed by atoms with E-state index in [-0.39, 0.29) is 55.0 Å². The number of benzene rings is 3. The molecule has 3 saturated heterocycles. The van der Waals surface area contributed by atoms with Gasteiger partial charge in [-0.15, -0.1) is 11.8 Å². The zero-order valence-electron chi connectivity index (χ0n) is 36.3. The van der Waals surface area contributed by atoms with E-state index in [1.165, 1.54) is 18.1 Å². The maximum Gasteiger partial charge on any atom is 0.263 e. The number of carbonyl (C=O) groups excluding carboxylic acids is 6. The standard InChI is InChI=1S/C47H50N10O8S/c48-43-41-42(30-13-15-33(16-14-30)65-32-8-2-1-3-9-32)52-57(44(41)50-29-49-43)31-7-5-20-55(27-31)38(59)12-6-19-53-21-23-54(24-22-53)39(60)28-64-25-26-66-36-11-4-10-34-40(36)47(63)56(46(34)62)35-17-18-37(58)51-45(35)61/h1-4,8-11,13-16,29,31,35H,5-7,12,17-28H2,(H2,48,49,50)(H,51,58,61). The average Bonchev–Trinajstić information content (AvgIpc) is 3.85. The van der Waals surface area contributed by atoms with Crippen molar-refractivity contribution in [1.82, 2.24) is 44.7 Å². The molecule has 6 amide bonds. The first-order valence-corrected chi connectivity index (χ1v) is 23.3. The predicted octanol–water partition coefficient (Wildman–Crippen LogP) is 4.17. The van der Waals surface area contributed by atoms with Gasteiger partial charge >= 0.3 is 0 Å². The van der Waals surface area contributed by atoms with Gasteiger partial charge in [-0.1, -0.05) is 24.3 Å². The Hall–Kier alpha value is -6.70. The van der Waals surface area contributed by atoms with Crippen molar-refractivity contribution in [2.24, 2.45) is 0 Å². The van der Waals surface area contributed by atoms with E-state index >= 15 is 0 Å². The lowest BCUT2D eigenvalue weighted by molar-refractivity contribution is -0.138. The largest absolute Gasteiger partial charge is 0.457 e. The molecule has 2 atom stereocenters. The Kier molecular flexibility index (Phi) is 13.4. The van der Waals surface area contributed by atoms with Crippen LogP contribution in [0.15, 0.2) is 84.0 Å². The van der Waals surface area contributed by atoms with Gasteiger partial charge in [0.25, 0.3) is 11.8 Å². The van der Waals surface area contributed by atoms with Gasteiger partial charge in [-0.25, -0.2) is 14.6 Å². The van der Waals surface area contributed by atoms with E-state index in [9.17, 15) is 28.8 Å². The molecule has 0 bridgehead atoms. The number of nitrogens with zero attached hydrogens (tertiary/aromatic N) is 8. The molecule has 3 N–H and O–H groups in total. The number of piperidine rings is 2. The number of anilines is 1. The molecule has 0 saturated carbocycles. The van der Waals surface area contributed by atoms with Crippen molar-refractivity contribution in [3.63, 3.8) is 0 Å². The van der Waals surface area contributed by atoms with Gasteiger partial charge in [0.15, 0.2) is 5.65 Å². The predicted molar refractivity (Wildman–Crippen MR) is 243 cm³/mol. The lowest BCUT2D eigenvalue weighted by Gasteiger charge is -2.35. The molecule has 6 heterocycles. The number of aromatic nitrogens is 4. The summed E-state index contributed by atoms with van der Waals surface area (Å²) >= 11 is 1.33. The highest BCUT2D eigenvalue weighted by molar-refractivity contribution is 7.99. The number of rotatable bonds is 15. The van der Waals surface area contributed by atoms with Crippen LogP contribution in [0, 0.1) is 0 Å². The summed E-state index contributed by atoms with van der Waals surface area (Å²) in [5.74, 6) is 0.0259. The molecule has 0 aliphatic carbocycles. The van der Waals surface area contributed by atoms with Gasteiger partial charge in [0.05, 0.1) is 29.2 Å². The highest BCUT2D eigenvalue weighted by atomic mass is 32.2. The number of ether oxygens (including phenoxy) is 2. The van der Waals surface area contributed by atoms with Gasteiger partial charge in [0.1, 0.15) is 42.0 Å². The van der Waals surface area contributed by atoms with Gasteiger partial charge in [-0.2, -0.15) is 5.10 Å². The smallest absolute Gasteiger partial charge is 0.263 e. The van der Waals surface area contributed by atoms with Crippen LogP contribution in [-0.4, -0.2) is 146 Å². The SMILES string of the molecule is Nc1ncnc2c1c(-c1ccc(Oc3ccccc3)cc1)nn2C1CCCN(C(=O)CCCN2CCN(C(=O)COCCSc3cccc4c3C(=O)N(C3CCC(=O)NC3=O)C4=O)CC2)C1. The molecule has 66 heavy (non-hydrogen) atoms. The molecule has 2 unspecified atom stereocenters. The minimum atomic E-state index is -1.03. The number of piperazine rings is 1. The maximum absolute atomic E-state index is 13.6. The summed E-state index contributed by atoms with van der Waals surface area (Å²) < 4.78 is 13.6. The minimum absolute atomic E-state index is 0.0498. The van der Waals surface area contributed by atoms with E-state index in [1.807, 2.05) is 64.2 Å². The van der Waals surface area contributed by atoms with Crippen LogP contribution in [0.2, 0.25) is 0 Å². The number of likely N-dealkylation sites (tertiary alicyclic amines) is 1. The first-order valence-electron chi connectivity index (χ1n) is 22.3. The first kappa shape index (κ1) is 44.5. The van der Waals surface area contributed by atoms with E-state index in [2.05, 4.69) is 20.2 Å². The molecule has 4 aliphatic heterocycles. The van der Waals surface area contributed by atoms with Gasteiger partial charge in [0, 0.05) is 68.3 Å². The third-order valence-electron chi connectivity index (χ3n) is 12.5. The molecular weight excluding hydrogens is 865 g/mol. The average molecular weight is 915 g/mol. The van der Waals surface area contributed by atoms with Gasteiger partial charge in [-0.05, 0) is 80.8 Å². The van der Waals surface area contributed by atoms with Gasteiger partial charge in [-0.3, -0.25) is 43.9 Å². The second-order valence-electron chi connectivity index (χ2n) is 16.7. The number of nitrogens with two attached hydrogens (primary N) is 1. The number of nitrogen functional groups attached to an aromatic ring is 1. The van der Waals surface area contributed by atoms with Crippen LogP contribution in [0.5, 0.6) is 11.5 Å². The fourth-order valence-corrected chi connectivity index (χ4v) is 9.97. The summed E-state index contributed by atoms with van der Waals surface area (Å²) in [5, 5.41) is 7.92. The summed E-state index contributed by atoms with van der Waals surface area (Å²) in [5.41, 5.74) is 9.04. The molecule has 9 rings (SSSR count). The van der Waals surface area contributed by atoms with Crippen LogP contribution in [0.3, 0.4) is 0 Å². The first-order chi connectivity index (χ1) is 32.1. The summed E-state index contributed by atoms with van der Waals surface area (Å²) in [6.45, 7) is 4.65. The number of amides is 6. The second-order valence-corrected chi connectivity index (χ2v) is 17.8. The van der Waals surface area contributed by atoms with Crippen molar-refractivity contribution in [3.8, 4) is 22.8 Å². The van der Waals surface area contributed by atoms with Crippen LogP contribution in [0.25, 0.3) is 22.3 Å². The molecule has 3 aromatic carbocycles. The number of nitrogens with one attached hydrogen (secondary N) is 1. The molecule has 2 aromatic heterocycles. The molecule has 19 heteroatoms. The Bertz CT molecular complexity index is 2650. The number of imide groups is 2. The summed E-state index contributed by atoms with van der Waals surface area (Å²) in [4.78, 5) is 93.5. The normalized spacial score (nSPS) is 19.1. The highest BCUT2D eigenvalue weighted by Crippen LogP contribution is 2.36. The van der Waals surface area contributed by atoms with Crippen LogP contribution >= 0.6 is 11.8 Å². The molecule has 0 spiro atoms. The topological polar surface area (TPSA) is 215 Å². The third kappa shape index (κ3) is 9.50. The van der Waals surface area contributed by atoms with E-state index < -0.39 is 29.7 Å². The van der Waals surface area contributed by atoms with E-state index in [0.717, 1.165) is 35.6 Å². The van der Waals surface area contributed by atoms with Gasteiger partial charge in [0.2, 0.25) is 23.6 Å². The highest BCUT2D eigenvalue weighted by Gasteiger charge is 2.45. The Labute approximate surface area is 384 Å². The molecule has 18 nitrogen and oxygen atoms in total. The molecule has 0 radical (unpaired) electrons. The second kappa shape index (κ2) is 19.8. The van der Waals surface area contributed by atoms with Gasteiger partial charge < -0.3 is 25.0 Å². The van der Waals surface area contributed by atoms with Crippen molar-refractivity contribution in [2.75, 3.05) is 70.5 Å². The Morgan fingerprint density at radius 2 is 1.62 bits per heavy atom. The fraction of sp³-hybridized carbons (Fsp3) is 0.383. The van der Waals surface area contributed by atoms with Crippen LogP contribution in [0.1, 0.15) is 65.3 Å². The quantitative estimate of drug-likeness (QED) is 0.0857. The van der Waals surface area contributed by atoms with Crippen LogP contribution in [-0.2, 0) is 23.9 Å². The minimum Gasteiger partial charge on any atom is -0.457 e. The lowest BCUT2D eigenvalue weighted by Crippen LogP contribution is -2.54. The number of para-hydroxylation sites is 1. The van der Waals surface area contributed by atoms with E-state index in [0.29, 0.717) is 91.1 Å². The van der Waals surface area contributed by atoms with Crippen molar-refractivity contribution in [3.05, 3.63) is 90.3 Å². The van der Waals surface area contributed by atoms with Crippen molar-refractivity contribution >= 4 is 64.1 Å². The molecule has 4 aliphatic rings. The Morgan fingerprint density at radius 1 is 0.833 bits per heavy atom. The number of fused-ring (bicyclic) bond motifs is 2. The van der Waals surface area contributed by atoms with Crippen molar-refractivity contribution in [2.45, 2.75) is 55.5 Å². The molecule has 342 valence electrons. The number of hydrogen-bond donors (Lipinski definition) is 2. The summed E-state index contributed by atoms with van der Waals surface area (Å²) in [7, 11) is 0. The Morgan fingerprint density at radius 3 is 2.41 bits per heavy atom. The van der Waals surface area contributed by atoms with Crippen molar-refractivity contribution < 1.29 is 38.2 Å². The number of thioether (sulfide) groups is 1. The Balaban J connectivity index is 0.701. The summed E-state index contributed by atoms with van der Waals surface area (Å²) in [6.07, 6.45) is 4.39. The fourth-order valence-electron chi connectivity index (χ4n) is 9.04. The monoisotopic (exact) mass is 914 g/mol. The number of carbonyl (C=O) groups is 6.